The van der Waals surface area contributed by atoms with Crippen molar-refractivity contribution in [2.75, 3.05) is 31.4 Å². The molecule has 2 aromatic rings. The number of methoxy groups -OCH3 is 2. The fraction of sp³-hybridized carbons (Fsp3) is 0.308. The van der Waals surface area contributed by atoms with Crippen LogP contribution in [0.5, 0.6) is 11.5 Å². The van der Waals surface area contributed by atoms with Crippen LogP contribution in [0.1, 0.15) is 30.9 Å². The molecule has 1 heterocycles. The highest BCUT2D eigenvalue weighted by Crippen LogP contribution is 2.58. The number of nitrogen functional groups attached to an aromatic ring is 1. The Kier molecular flexibility index (Phi) is 5.93. The Bertz CT molecular complexity index is 1230. The van der Waals surface area contributed by atoms with Crippen LogP contribution in [0.3, 0.4) is 0 Å². The first-order valence-corrected chi connectivity index (χ1v) is 10.9. The molecule has 8 heteroatoms. The largest absolute Gasteiger partial charge is 0.493 e. The highest BCUT2D eigenvalue weighted by Gasteiger charge is 2.57. The zero-order chi connectivity index (χ0) is 24.8. The molecule has 0 aromatic heterocycles. The summed E-state index contributed by atoms with van der Waals surface area (Å²) in [6.45, 7) is 7.51. The van der Waals surface area contributed by atoms with Crippen LogP contribution in [0.25, 0.3) is 5.70 Å². The Morgan fingerprint density at radius 3 is 2.29 bits per heavy atom. The van der Waals surface area contributed by atoms with Gasteiger partial charge >= 0.3 is 0 Å². The Morgan fingerprint density at radius 2 is 1.76 bits per heavy atom. The number of benzene rings is 2. The smallest absolute Gasteiger partial charge is 0.238 e. The first kappa shape index (κ1) is 23.5. The second kappa shape index (κ2) is 8.59. The number of anilines is 2. The van der Waals surface area contributed by atoms with Gasteiger partial charge in [-0.1, -0.05) is 6.07 Å². The van der Waals surface area contributed by atoms with Gasteiger partial charge in [0, 0.05) is 23.9 Å². The molecular formula is C26H27F2N3O3. The average molecular weight is 468 g/mol. The molecule has 2 aromatic carbocycles. The maximum atomic E-state index is 15.2. The maximum absolute atomic E-state index is 15.2. The van der Waals surface area contributed by atoms with Gasteiger partial charge < -0.3 is 20.1 Å². The number of nitrogens with two attached hydrogens (primary N) is 1. The third-order valence-electron chi connectivity index (χ3n) is 6.58. The SMILES string of the molecule is C=N/C(=C\C1=C(C)CN(c2c(F)c(OC)cc(OC)c2F)C(=O)C12CC2)c1cc(N)ccc1C. The van der Waals surface area contributed by atoms with Crippen LogP contribution in [-0.2, 0) is 4.79 Å². The minimum absolute atomic E-state index is 0.0108. The number of aliphatic imine (C=N–C) groups is 1. The van der Waals surface area contributed by atoms with E-state index in [4.69, 9.17) is 15.2 Å². The lowest BCUT2D eigenvalue weighted by Gasteiger charge is -2.35. The van der Waals surface area contributed by atoms with Crippen molar-refractivity contribution in [1.82, 2.24) is 0 Å². The fourth-order valence-corrected chi connectivity index (χ4v) is 4.60. The lowest BCUT2D eigenvalue weighted by molar-refractivity contribution is -0.122. The Morgan fingerprint density at radius 1 is 1.15 bits per heavy atom. The van der Waals surface area contributed by atoms with E-state index in [-0.39, 0.29) is 24.0 Å². The number of hydrogen-bond acceptors (Lipinski definition) is 5. The van der Waals surface area contributed by atoms with E-state index in [2.05, 4.69) is 11.7 Å². The van der Waals surface area contributed by atoms with Gasteiger partial charge in [0.1, 0.15) is 5.69 Å². The Labute approximate surface area is 197 Å². The van der Waals surface area contributed by atoms with Crippen molar-refractivity contribution in [3.8, 4) is 11.5 Å². The Hall–Kier alpha value is -3.68. The summed E-state index contributed by atoms with van der Waals surface area (Å²) in [4.78, 5) is 19.0. The van der Waals surface area contributed by atoms with Gasteiger partial charge in [-0.25, -0.2) is 8.78 Å². The standard InChI is InChI=1S/C26H27F2N3O3/c1-14-6-7-16(29)10-17(14)19(30-3)11-18-15(2)13-31(25(32)26(18)8-9-26)24-22(27)20(33-4)12-21(34-5)23(24)28/h6-7,10-12H,3,8-9,13,29H2,1-2,4-5H3/b19-11-. The first-order valence-electron chi connectivity index (χ1n) is 10.9. The van der Waals surface area contributed by atoms with Gasteiger partial charge in [0.2, 0.25) is 5.91 Å². The molecule has 4 rings (SSSR count). The molecular weight excluding hydrogens is 440 g/mol. The molecule has 0 saturated heterocycles. The number of rotatable bonds is 6. The number of amides is 1. The topological polar surface area (TPSA) is 77.2 Å². The molecule has 0 unspecified atom stereocenters. The van der Waals surface area contributed by atoms with Crippen molar-refractivity contribution in [3.05, 3.63) is 64.2 Å². The number of nitrogens with zero attached hydrogens (tertiary/aromatic N) is 2. The first-order chi connectivity index (χ1) is 16.2. The minimum atomic E-state index is -0.944. The van der Waals surface area contributed by atoms with E-state index >= 15 is 8.78 Å². The van der Waals surface area contributed by atoms with Crippen LogP contribution in [0, 0.1) is 24.0 Å². The summed E-state index contributed by atoms with van der Waals surface area (Å²) in [7, 11) is 2.55. The summed E-state index contributed by atoms with van der Waals surface area (Å²) in [5, 5.41) is 0. The molecule has 1 aliphatic heterocycles. The third-order valence-corrected chi connectivity index (χ3v) is 6.58. The fourth-order valence-electron chi connectivity index (χ4n) is 4.60. The molecule has 178 valence electrons. The quantitative estimate of drug-likeness (QED) is 0.476. The summed E-state index contributed by atoms with van der Waals surface area (Å²) in [6.07, 6.45) is 2.98. The van der Waals surface area contributed by atoms with E-state index in [1.165, 1.54) is 14.2 Å². The molecule has 1 amide bonds. The molecule has 1 spiro atoms. The van der Waals surface area contributed by atoms with E-state index < -0.39 is 22.7 Å². The van der Waals surface area contributed by atoms with Crippen LogP contribution < -0.4 is 20.1 Å². The zero-order valence-corrected chi connectivity index (χ0v) is 19.7. The summed E-state index contributed by atoms with van der Waals surface area (Å²) in [5.41, 5.74) is 9.20. The summed E-state index contributed by atoms with van der Waals surface area (Å²) >= 11 is 0. The van der Waals surface area contributed by atoms with Gasteiger partial charge in [-0.05, 0) is 68.3 Å². The van der Waals surface area contributed by atoms with Gasteiger partial charge in [0.05, 0.1) is 25.3 Å². The molecule has 0 atom stereocenters. The second-order valence-electron chi connectivity index (χ2n) is 8.69. The van der Waals surface area contributed by atoms with Crippen molar-refractivity contribution in [1.29, 1.82) is 0 Å². The van der Waals surface area contributed by atoms with Crippen molar-refractivity contribution < 1.29 is 23.0 Å². The Balaban J connectivity index is 1.85. The molecule has 2 N–H and O–H groups in total. The number of carbonyl (C=O) groups is 1. The second-order valence-corrected chi connectivity index (χ2v) is 8.69. The van der Waals surface area contributed by atoms with Gasteiger partial charge in [0.15, 0.2) is 23.1 Å². The lowest BCUT2D eigenvalue weighted by atomic mass is 9.84. The van der Waals surface area contributed by atoms with Gasteiger partial charge in [-0.2, -0.15) is 0 Å². The summed E-state index contributed by atoms with van der Waals surface area (Å²) in [5.74, 6) is -2.66. The van der Waals surface area contributed by atoms with Crippen LogP contribution in [0.15, 0.2) is 46.5 Å². The van der Waals surface area contributed by atoms with Crippen molar-refractivity contribution >= 4 is 29.7 Å². The van der Waals surface area contributed by atoms with E-state index in [0.29, 0.717) is 24.2 Å². The van der Waals surface area contributed by atoms with Crippen molar-refractivity contribution in [3.63, 3.8) is 0 Å². The van der Waals surface area contributed by atoms with E-state index in [1.807, 2.05) is 32.1 Å². The van der Waals surface area contributed by atoms with Gasteiger partial charge in [-0.3, -0.25) is 9.79 Å². The molecule has 0 radical (unpaired) electrons. The maximum Gasteiger partial charge on any atom is 0.238 e. The summed E-state index contributed by atoms with van der Waals surface area (Å²) in [6, 6.07) is 6.64. The molecule has 2 aliphatic rings. The van der Waals surface area contributed by atoms with Crippen LogP contribution in [0.4, 0.5) is 20.2 Å². The van der Waals surface area contributed by atoms with Gasteiger partial charge in [0.25, 0.3) is 0 Å². The van der Waals surface area contributed by atoms with Crippen molar-refractivity contribution in [2.24, 2.45) is 10.4 Å². The van der Waals surface area contributed by atoms with Crippen LogP contribution >= 0.6 is 0 Å². The number of aryl methyl sites for hydroxylation is 1. The van der Waals surface area contributed by atoms with E-state index in [1.54, 1.807) is 6.07 Å². The molecule has 0 bridgehead atoms. The monoisotopic (exact) mass is 467 g/mol. The highest BCUT2D eigenvalue weighted by atomic mass is 19.1. The van der Waals surface area contributed by atoms with Gasteiger partial charge in [-0.15, -0.1) is 0 Å². The number of carbonyl (C=O) groups excluding carboxylic acids is 1. The molecule has 6 nitrogen and oxygen atoms in total. The normalized spacial score (nSPS) is 17.3. The third kappa shape index (κ3) is 3.63. The van der Waals surface area contributed by atoms with Crippen LogP contribution in [0.2, 0.25) is 0 Å². The molecule has 34 heavy (non-hydrogen) atoms. The highest BCUT2D eigenvalue weighted by molar-refractivity contribution is 6.04. The number of halogens is 2. The lowest BCUT2D eigenvalue weighted by Crippen LogP contribution is -2.44. The van der Waals surface area contributed by atoms with Crippen molar-refractivity contribution in [2.45, 2.75) is 26.7 Å². The molecule has 1 aliphatic carbocycles. The predicted molar refractivity (Wildman–Crippen MR) is 129 cm³/mol. The number of ether oxygens (including phenoxy) is 2. The van der Waals surface area contributed by atoms with E-state index in [0.717, 1.165) is 33.2 Å². The zero-order valence-electron chi connectivity index (χ0n) is 19.7. The average Bonchev–Trinajstić information content (AvgIpc) is 3.61. The number of hydrogen-bond donors (Lipinski definition) is 1. The number of allylic oxidation sites excluding steroid dienone is 1. The molecule has 1 saturated carbocycles. The predicted octanol–water partition coefficient (Wildman–Crippen LogP) is 5.06. The summed E-state index contributed by atoms with van der Waals surface area (Å²) < 4.78 is 40.5. The van der Waals surface area contributed by atoms with E-state index in [9.17, 15) is 4.79 Å². The van der Waals surface area contributed by atoms with Crippen LogP contribution in [-0.4, -0.2) is 33.4 Å². The minimum Gasteiger partial charge on any atom is -0.493 e. The molecule has 1 fully saturated rings.